The molecule has 1 aliphatic rings. The van der Waals surface area contributed by atoms with E-state index >= 15 is 0 Å². The van der Waals surface area contributed by atoms with Crippen LogP contribution in [0.25, 0.3) is 17.0 Å². The summed E-state index contributed by atoms with van der Waals surface area (Å²) in [6, 6.07) is 23.8. The smallest absolute Gasteiger partial charge is 0.293 e. The van der Waals surface area contributed by atoms with E-state index in [1.54, 1.807) is 0 Å². The molecule has 0 atom stereocenters. The number of carbonyl (C=O) groups is 2. The van der Waals surface area contributed by atoms with Crippen molar-refractivity contribution < 1.29 is 9.59 Å². The monoisotopic (exact) mass is 598 g/mol. The molecule has 0 aliphatic carbocycles. The summed E-state index contributed by atoms with van der Waals surface area (Å²) >= 11 is 9.67. The Morgan fingerprint density at radius 3 is 2.41 bits per heavy atom. The molecular weight excluding hydrogens is 579 g/mol. The summed E-state index contributed by atoms with van der Waals surface area (Å²) in [7, 11) is 0. The van der Waals surface area contributed by atoms with Crippen LogP contribution in [-0.4, -0.2) is 20.6 Å². The Balaban J connectivity index is 1.51. The second-order valence-electron chi connectivity index (χ2n) is 8.09. The highest BCUT2D eigenvalue weighted by atomic mass is 127. The molecule has 7 heteroatoms. The highest BCUT2D eigenvalue weighted by Crippen LogP contribution is 2.36. The molecule has 4 aromatic rings. The van der Waals surface area contributed by atoms with Crippen LogP contribution in [0, 0.1) is 10.5 Å². The minimum Gasteiger partial charge on any atom is -0.340 e. The minimum atomic E-state index is -0.254. The molecule has 1 aromatic heterocycles. The van der Waals surface area contributed by atoms with Crippen molar-refractivity contribution in [2.45, 2.75) is 20.0 Å². The van der Waals surface area contributed by atoms with Crippen LogP contribution < -0.4 is 0 Å². The summed E-state index contributed by atoms with van der Waals surface area (Å²) in [4.78, 5) is 27.6. The average molecular weight is 599 g/mol. The van der Waals surface area contributed by atoms with Crippen LogP contribution in [0.2, 0.25) is 5.02 Å². The number of nitrogens with zero attached hydrogens (tertiary/aromatic N) is 2. The van der Waals surface area contributed by atoms with E-state index in [-0.39, 0.29) is 17.7 Å². The molecule has 0 radical (unpaired) electrons. The molecule has 0 bridgehead atoms. The third-order valence-corrected chi connectivity index (χ3v) is 7.96. The molecule has 5 rings (SSSR count). The van der Waals surface area contributed by atoms with E-state index < -0.39 is 0 Å². The van der Waals surface area contributed by atoms with E-state index in [1.807, 2.05) is 79.7 Å². The molecule has 0 saturated carbocycles. The van der Waals surface area contributed by atoms with Crippen molar-refractivity contribution in [3.63, 3.8) is 0 Å². The number of aromatic nitrogens is 1. The minimum absolute atomic E-state index is 0.243. The van der Waals surface area contributed by atoms with Crippen molar-refractivity contribution in [1.29, 1.82) is 0 Å². The number of fused-ring (bicyclic) bond motifs is 1. The van der Waals surface area contributed by atoms with Gasteiger partial charge in [0.05, 0.1) is 11.4 Å². The number of halogens is 2. The molecule has 1 aliphatic heterocycles. The molecule has 34 heavy (non-hydrogen) atoms. The highest BCUT2D eigenvalue weighted by molar-refractivity contribution is 14.1. The number of thioether (sulfide) groups is 1. The lowest BCUT2D eigenvalue weighted by molar-refractivity contribution is -0.123. The Morgan fingerprint density at radius 1 is 0.941 bits per heavy atom. The van der Waals surface area contributed by atoms with Gasteiger partial charge in [-0.15, -0.1) is 0 Å². The SMILES string of the molecule is Cc1c(/C=C2\SC(=O)N(Cc3ccc(I)cc3)C2=O)c2ccccc2n1Cc1ccccc1Cl. The molecule has 0 spiro atoms. The maximum absolute atomic E-state index is 13.2. The summed E-state index contributed by atoms with van der Waals surface area (Å²) in [5.41, 5.74) is 4.98. The molecule has 4 nitrogen and oxygen atoms in total. The summed E-state index contributed by atoms with van der Waals surface area (Å²) in [6.07, 6.45) is 1.86. The first kappa shape index (κ1) is 23.2. The molecule has 1 saturated heterocycles. The molecule has 0 unspecified atom stereocenters. The molecule has 3 aromatic carbocycles. The van der Waals surface area contributed by atoms with E-state index in [9.17, 15) is 9.59 Å². The number of carbonyl (C=O) groups excluding carboxylic acids is 2. The Morgan fingerprint density at radius 2 is 1.65 bits per heavy atom. The number of imide groups is 1. The van der Waals surface area contributed by atoms with E-state index in [4.69, 9.17) is 11.6 Å². The van der Waals surface area contributed by atoms with Gasteiger partial charge in [-0.05, 0) is 82.7 Å². The Labute approximate surface area is 220 Å². The van der Waals surface area contributed by atoms with Crippen molar-refractivity contribution in [2.24, 2.45) is 0 Å². The zero-order chi connectivity index (χ0) is 23.8. The van der Waals surface area contributed by atoms with Gasteiger partial charge >= 0.3 is 0 Å². The molecule has 170 valence electrons. The largest absolute Gasteiger partial charge is 0.340 e. The number of amides is 2. The standard InChI is InChI=1S/C27H20ClIN2O2S/c1-17-22(14-25-26(32)31(27(33)34-25)15-18-10-12-20(29)13-11-18)21-7-3-5-9-24(21)30(17)16-19-6-2-4-8-23(19)28/h2-14H,15-16H2,1H3/b25-14-. The fourth-order valence-corrected chi connectivity index (χ4v) is 5.56. The maximum atomic E-state index is 13.2. The van der Waals surface area contributed by atoms with Gasteiger partial charge in [0.15, 0.2) is 0 Å². The lowest BCUT2D eigenvalue weighted by Gasteiger charge is -2.12. The Bertz CT molecular complexity index is 1460. The average Bonchev–Trinajstić information content (AvgIpc) is 3.25. The van der Waals surface area contributed by atoms with E-state index in [0.29, 0.717) is 11.4 Å². The molecule has 2 heterocycles. The van der Waals surface area contributed by atoms with Crippen molar-refractivity contribution in [3.05, 3.63) is 109 Å². The Kier molecular flexibility index (Phi) is 6.55. The van der Waals surface area contributed by atoms with Crippen molar-refractivity contribution >= 4 is 74.1 Å². The van der Waals surface area contributed by atoms with Gasteiger partial charge < -0.3 is 4.57 Å². The lowest BCUT2D eigenvalue weighted by atomic mass is 10.1. The van der Waals surface area contributed by atoms with Crippen molar-refractivity contribution in [2.75, 3.05) is 0 Å². The van der Waals surface area contributed by atoms with E-state index in [1.165, 1.54) is 4.90 Å². The fraction of sp³-hybridized carbons (Fsp3) is 0.111. The van der Waals surface area contributed by atoms with E-state index in [2.05, 4.69) is 33.2 Å². The van der Waals surface area contributed by atoms with Gasteiger partial charge in [-0.1, -0.05) is 60.1 Å². The van der Waals surface area contributed by atoms with Gasteiger partial charge in [-0.3, -0.25) is 14.5 Å². The predicted octanol–water partition coefficient (Wildman–Crippen LogP) is 7.49. The van der Waals surface area contributed by atoms with Crippen LogP contribution in [0.1, 0.15) is 22.4 Å². The topological polar surface area (TPSA) is 42.3 Å². The number of hydrogen-bond acceptors (Lipinski definition) is 3. The van der Waals surface area contributed by atoms with Gasteiger partial charge in [0, 0.05) is 37.3 Å². The number of para-hydroxylation sites is 1. The third kappa shape index (κ3) is 4.42. The summed E-state index contributed by atoms with van der Waals surface area (Å²) in [5, 5.41) is 1.52. The molecule has 2 amide bonds. The van der Waals surface area contributed by atoms with Gasteiger partial charge in [-0.25, -0.2) is 0 Å². The number of benzene rings is 3. The van der Waals surface area contributed by atoms with Crippen molar-refractivity contribution in [3.8, 4) is 0 Å². The molecular formula is C27H20ClIN2O2S. The van der Waals surface area contributed by atoms with Gasteiger partial charge in [0.25, 0.3) is 11.1 Å². The van der Waals surface area contributed by atoms with Gasteiger partial charge in [0.1, 0.15) is 0 Å². The van der Waals surface area contributed by atoms with Crippen molar-refractivity contribution in [1.82, 2.24) is 9.47 Å². The number of rotatable bonds is 5. The predicted molar refractivity (Wildman–Crippen MR) is 148 cm³/mol. The first-order chi connectivity index (χ1) is 16.4. The summed E-state index contributed by atoms with van der Waals surface area (Å²) in [6.45, 7) is 2.93. The fourth-order valence-electron chi connectivity index (χ4n) is 4.18. The lowest BCUT2D eigenvalue weighted by Crippen LogP contribution is -2.27. The van der Waals surface area contributed by atoms with Crippen LogP contribution >= 0.6 is 46.0 Å². The summed E-state index contributed by atoms with van der Waals surface area (Å²) < 4.78 is 3.32. The normalized spacial score (nSPS) is 15.1. The molecule has 0 N–H and O–H groups in total. The van der Waals surface area contributed by atoms with Crippen LogP contribution in [0.15, 0.2) is 77.7 Å². The van der Waals surface area contributed by atoms with Gasteiger partial charge in [-0.2, -0.15) is 0 Å². The first-order valence-electron chi connectivity index (χ1n) is 10.7. The van der Waals surface area contributed by atoms with Crippen LogP contribution in [0.3, 0.4) is 0 Å². The van der Waals surface area contributed by atoms with Gasteiger partial charge in [0.2, 0.25) is 0 Å². The van der Waals surface area contributed by atoms with Crippen LogP contribution in [0.5, 0.6) is 0 Å². The quantitative estimate of drug-likeness (QED) is 0.177. The van der Waals surface area contributed by atoms with E-state index in [0.717, 1.165) is 53.6 Å². The zero-order valence-electron chi connectivity index (χ0n) is 18.3. The van der Waals surface area contributed by atoms with Crippen LogP contribution in [0.4, 0.5) is 4.79 Å². The maximum Gasteiger partial charge on any atom is 0.293 e. The molecule has 1 fully saturated rings. The highest BCUT2D eigenvalue weighted by Gasteiger charge is 2.35. The van der Waals surface area contributed by atoms with Crippen LogP contribution in [-0.2, 0) is 17.9 Å². The second kappa shape index (κ2) is 9.60. The number of hydrogen-bond donors (Lipinski definition) is 0. The third-order valence-electron chi connectivity index (χ3n) is 5.97. The Hall–Kier alpha value is -2.55. The first-order valence-corrected chi connectivity index (χ1v) is 13.0. The summed E-state index contributed by atoms with van der Waals surface area (Å²) in [5.74, 6) is -0.254. The zero-order valence-corrected chi connectivity index (χ0v) is 22.0. The second-order valence-corrected chi connectivity index (χ2v) is 10.7.